The molecule has 0 aromatic carbocycles. The van der Waals surface area contributed by atoms with Gasteiger partial charge in [0.2, 0.25) is 0 Å². The van der Waals surface area contributed by atoms with Crippen molar-refractivity contribution in [2.75, 3.05) is 26.0 Å². The van der Waals surface area contributed by atoms with Gasteiger partial charge in [0, 0.05) is 40.9 Å². The third kappa shape index (κ3) is 5.41. The molecule has 0 aliphatic carbocycles. The average Bonchev–Trinajstić information content (AvgIpc) is 2.30. The number of rotatable bonds is 9. The second-order valence-electron chi connectivity index (χ2n) is 4.64. The first-order valence-electron chi connectivity index (χ1n) is 6.15. The normalized spacial score (nSPS) is 16.1. The first kappa shape index (κ1) is 16.1. The Balaban J connectivity index is 3.83. The van der Waals surface area contributed by atoms with Crippen LogP contribution < -0.4 is 5.32 Å². The highest BCUT2D eigenvalue weighted by atomic mass is 32.2. The van der Waals surface area contributed by atoms with Crippen LogP contribution in [-0.4, -0.2) is 40.5 Å². The Bertz CT molecular complexity index is 197. The summed E-state index contributed by atoms with van der Waals surface area (Å²) in [7, 11) is -0.730. The zero-order valence-electron chi connectivity index (χ0n) is 11.1. The van der Waals surface area contributed by atoms with Crippen LogP contribution in [0.25, 0.3) is 0 Å². The van der Waals surface area contributed by atoms with Crippen molar-refractivity contribution in [1.29, 1.82) is 0 Å². The maximum Gasteiger partial charge on any atom is 0.0499 e. The summed E-state index contributed by atoms with van der Waals surface area (Å²) in [5.74, 6) is 0. The molecule has 3 nitrogen and oxygen atoms in total. The molecule has 0 rings (SSSR count). The van der Waals surface area contributed by atoms with Gasteiger partial charge >= 0.3 is 0 Å². The summed E-state index contributed by atoms with van der Waals surface area (Å²) in [6.45, 7) is 8.21. The van der Waals surface area contributed by atoms with Crippen molar-refractivity contribution in [3.63, 3.8) is 0 Å². The standard InChI is InChI=1S/C12H27NO2S/c1-5-12(6-2,10-14)9-13-8-7-11(3)16(4)15/h11,13-14H,5-10H2,1-4H3. The SMILES string of the molecule is CCC(CC)(CO)CNCCC(C)S(C)=O. The fourth-order valence-electron chi connectivity index (χ4n) is 1.60. The molecule has 16 heavy (non-hydrogen) atoms. The lowest BCUT2D eigenvalue weighted by Gasteiger charge is -2.29. The van der Waals surface area contributed by atoms with Crippen molar-refractivity contribution < 1.29 is 9.32 Å². The smallest absolute Gasteiger partial charge is 0.0499 e. The molecule has 0 saturated carbocycles. The molecule has 98 valence electrons. The van der Waals surface area contributed by atoms with Crippen LogP contribution in [0.3, 0.4) is 0 Å². The summed E-state index contributed by atoms with van der Waals surface area (Å²) in [4.78, 5) is 0. The molecule has 0 fully saturated rings. The van der Waals surface area contributed by atoms with Crippen LogP contribution in [0.4, 0.5) is 0 Å². The van der Waals surface area contributed by atoms with E-state index in [4.69, 9.17) is 0 Å². The molecule has 0 heterocycles. The first-order valence-corrected chi connectivity index (χ1v) is 7.77. The minimum absolute atomic E-state index is 0.0224. The molecule has 0 aliphatic rings. The van der Waals surface area contributed by atoms with Crippen LogP contribution >= 0.6 is 0 Å². The third-order valence-corrected chi connectivity index (χ3v) is 5.00. The highest BCUT2D eigenvalue weighted by Crippen LogP contribution is 2.24. The van der Waals surface area contributed by atoms with Crippen LogP contribution in [0.5, 0.6) is 0 Å². The van der Waals surface area contributed by atoms with E-state index < -0.39 is 10.8 Å². The summed E-state index contributed by atoms with van der Waals surface area (Å²) in [5, 5.41) is 13.0. The average molecular weight is 249 g/mol. The van der Waals surface area contributed by atoms with Crippen molar-refractivity contribution in [2.45, 2.75) is 45.3 Å². The summed E-state index contributed by atoms with van der Waals surface area (Å²) in [6.07, 6.45) is 4.66. The molecule has 0 saturated heterocycles. The summed E-state index contributed by atoms with van der Waals surface area (Å²) in [5.41, 5.74) is 0.0224. The van der Waals surface area contributed by atoms with E-state index in [-0.39, 0.29) is 17.3 Å². The van der Waals surface area contributed by atoms with Crippen LogP contribution in [0.2, 0.25) is 0 Å². The Morgan fingerprint density at radius 2 is 1.94 bits per heavy atom. The van der Waals surface area contributed by atoms with Gasteiger partial charge in [-0.05, 0) is 25.8 Å². The van der Waals surface area contributed by atoms with E-state index in [1.807, 2.05) is 6.92 Å². The van der Waals surface area contributed by atoms with E-state index in [1.54, 1.807) is 6.26 Å². The van der Waals surface area contributed by atoms with Gasteiger partial charge in [-0.2, -0.15) is 0 Å². The number of hydrogen-bond acceptors (Lipinski definition) is 3. The highest BCUT2D eigenvalue weighted by molar-refractivity contribution is 7.84. The Labute approximate surface area is 102 Å². The fraction of sp³-hybridized carbons (Fsp3) is 1.00. The molecular weight excluding hydrogens is 222 g/mol. The molecular formula is C12H27NO2S. The summed E-state index contributed by atoms with van der Waals surface area (Å²) < 4.78 is 11.1. The van der Waals surface area contributed by atoms with E-state index in [1.165, 1.54) is 0 Å². The Morgan fingerprint density at radius 1 is 1.38 bits per heavy atom. The topological polar surface area (TPSA) is 49.3 Å². The molecule has 0 bridgehead atoms. The van der Waals surface area contributed by atoms with Gasteiger partial charge in [-0.3, -0.25) is 4.21 Å². The number of hydrogen-bond donors (Lipinski definition) is 2. The van der Waals surface area contributed by atoms with Crippen LogP contribution in [0.1, 0.15) is 40.0 Å². The second kappa shape index (κ2) is 8.20. The Morgan fingerprint density at radius 3 is 2.31 bits per heavy atom. The van der Waals surface area contributed by atoms with E-state index in [9.17, 15) is 9.32 Å². The van der Waals surface area contributed by atoms with Gasteiger partial charge in [0.15, 0.2) is 0 Å². The molecule has 2 atom stereocenters. The van der Waals surface area contributed by atoms with Crippen molar-refractivity contribution in [1.82, 2.24) is 5.32 Å². The van der Waals surface area contributed by atoms with E-state index in [2.05, 4.69) is 19.2 Å². The van der Waals surface area contributed by atoms with Gasteiger partial charge in [-0.1, -0.05) is 20.8 Å². The molecule has 0 aliphatic heterocycles. The van der Waals surface area contributed by atoms with E-state index in [0.29, 0.717) is 0 Å². The molecule has 0 spiro atoms. The molecule has 0 aromatic heterocycles. The Kier molecular flexibility index (Phi) is 8.24. The van der Waals surface area contributed by atoms with Crippen LogP contribution in [0.15, 0.2) is 0 Å². The zero-order valence-corrected chi connectivity index (χ0v) is 11.9. The van der Waals surface area contributed by atoms with Gasteiger partial charge in [0.25, 0.3) is 0 Å². The quantitative estimate of drug-likeness (QED) is 0.609. The number of nitrogens with one attached hydrogen (secondary N) is 1. The van der Waals surface area contributed by atoms with Crippen molar-refractivity contribution in [3.8, 4) is 0 Å². The minimum Gasteiger partial charge on any atom is -0.396 e. The highest BCUT2D eigenvalue weighted by Gasteiger charge is 2.24. The lowest BCUT2D eigenvalue weighted by molar-refractivity contribution is 0.113. The molecule has 0 amide bonds. The predicted molar refractivity (Wildman–Crippen MR) is 71.1 cm³/mol. The van der Waals surface area contributed by atoms with Crippen LogP contribution in [0, 0.1) is 5.41 Å². The van der Waals surface area contributed by atoms with Gasteiger partial charge in [-0.15, -0.1) is 0 Å². The first-order chi connectivity index (χ1) is 7.51. The van der Waals surface area contributed by atoms with Gasteiger partial charge in [0.1, 0.15) is 0 Å². The van der Waals surface area contributed by atoms with Crippen molar-refractivity contribution >= 4 is 10.8 Å². The summed E-state index contributed by atoms with van der Waals surface area (Å²) >= 11 is 0. The van der Waals surface area contributed by atoms with Crippen molar-refractivity contribution in [3.05, 3.63) is 0 Å². The molecule has 2 unspecified atom stereocenters. The minimum atomic E-state index is -0.730. The molecule has 2 N–H and O–H groups in total. The monoisotopic (exact) mass is 249 g/mol. The number of aliphatic hydroxyl groups is 1. The third-order valence-electron chi connectivity index (χ3n) is 3.63. The predicted octanol–water partition coefficient (Wildman–Crippen LogP) is 1.53. The maximum atomic E-state index is 11.1. The molecule has 0 aromatic rings. The number of aliphatic hydroxyl groups excluding tert-OH is 1. The van der Waals surface area contributed by atoms with Gasteiger partial charge in [-0.25, -0.2) is 0 Å². The fourth-order valence-corrected chi connectivity index (χ4v) is 2.05. The molecule has 0 radical (unpaired) electrons. The van der Waals surface area contributed by atoms with E-state index >= 15 is 0 Å². The Hall–Kier alpha value is 0.0700. The molecule has 4 heteroatoms. The second-order valence-corrected chi connectivity index (χ2v) is 6.44. The van der Waals surface area contributed by atoms with Crippen molar-refractivity contribution in [2.24, 2.45) is 5.41 Å². The summed E-state index contributed by atoms with van der Waals surface area (Å²) in [6, 6.07) is 0. The maximum absolute atomic E-state index is 11.1. The van der Waals surface area contributed by atoms with Gasteiger partial charge < -0.3 is 10.4 Å². The van der Waals surface area contributed by atoms with Crippen LogP contribution in [-0.2, 0) is 10.8 Å². The van der Waals surface area contributed by atoms with Gasteiger partial charge in [0.05, 0.1) is 0 Å². The van der Waals surface area contributed by atoms with E-state index in [0.717, 1.165) is 32.4 Å². The lowest BCUT2D eigenvalue weighted by Crippen LogP contribution is -2.37. The largest absolute Gasteiger partial charge is 0.396 e. The zero-order chi connectivity index (χ0) is 12.6. The lowest BCUT2D eigenvalue weighted by atomic mass is 9.83.